The third-order valence-electron chi connectivity index (χ3n) is 5.57. The second-order valence-electron chi connectivity index (χ2n) is 8.12. The molecule has 0 aliphatic heterocycles. The third kappa shape index (κ3) is 5.87. The molecule has 0 unspecified atom stereocenters. The highest BCUT2D eigenvalue weighted by Crippen LogP contribution is 2.26. The molecule has 1 aromatic heterocycles. The molecule has 0 spiro atoms. The number of esters is 1. The zero-order chi connectivity index (χ0) is 23.8. The average molecular weight is 452 g/mol. The molecule has 0 aliphatic carbocycles. The van der Waals surface area contributed by atoms with Crippen molar-refractivity contribution < 1.29 is 9.53 Å². The van der Waals surface area contributed by atoms with E-state index >= 15 is 0 Å². The summed E-state index contributed by atoms with van der Waals surface area (Å²) < 4.78 is 5.38. The molecule has 0 fully saturated rings. The van der Waals surface area contributed by atoms with Gasteiger partial charge in [0.1, 0.15) is 11.9 Å². The normalized spacial score (nSPS) is 11.6. The second kappa shape index (κ2) is 11.2. The maximum atomic E-state index is 12.9. The van der Waals surface area contributed by atoms with Crippen molar-refractivity contribution in [3.8, 4) is 11.3 Å². The van der Waals surface area contributed by atoms with Crippen LogP contribution in [0.4, 0.5) is 5.82 Å². The van der Waals surface area contributed by atoms with Gasteiger partial charge in [-0.25, -0.2) is 14.8 Å². The summed E-state index contributed by atoms with van der Waals surface area (Å²) in [6, 6.07) is 29.6. The van der Waals surface area contributed by atoms with Crippen LogP contribution in [-0.4, -0.2) is 28.6 Å². The van der Waals surface area contributed by atoms with Crippen LogP contribution in [0.15, 0.2) is 91.0 Å². The topological polar surface area (TPSA) is 64.1 Å². The van der Waals surface area contributed by atoms with E-state index < -0.39 is 6.04 Å². The predicted molar refractivity (Wildman–Crippen MR) is 136 cm³/mol. The molecule has 172 valence electrons. The van der Waals surface area contributed by atoms with Crippen LogP contribution in [0.25, 0.3) is 11.3 Å². The number of nitrogens with zero attached hydrogens (tertiary/aromatic N) is 2. The molecule has 0 saturated heterocycles. The first-order valence-corrected chi connectivity index (χ1v) is 11.6. The van der Waals surface area contributed by atoms with Gasteiger partial charge in [-0.1, -0.05) is 91.0 Å². The highest BCUT2D eigenvalue weighted by atomic mass is 16.5. The summed E-state index contributed by atoms with van der Waals surface area (Å²) in [5, 5.41) is 3.37. The van der Waals surface area contributed by atoms with Crippen molar-refractivity contribution in [2.24, 2.45) is 0 Å². The van der Waals surface area contributed by atoms with Crippen LogP contribution in [0, 0.1) is 6.92 Å². The molecular weight excluding hydrogens is 422 g/mol. The number of nitrogens with one attached hydrogen (secondary N) is 1. The number of carbonyl (C=O) groups is 1. The number of aryl methyl sites for hydroxylation is 1. The Morgan fingerprint density at radius 2 is 1.44 bits per heavy atom. The Labute approximate surface area is 200 Å². The zero-order valence-electron chi connectivity index (χ0n) is 19.6. The number of hydrogen-bond donors (Lipinski definition) is 1. The summed E-state index contributed by atoms with van der Waals surface area (Å²) in [6.45, 7) is 4.08. The largest absolute Gasteiger partial charge is 0.464 e. The zero-order valence-corrected chi connectivity index (χ0v) is 19.6. The standard InChI is InChI=1S/C29H29N3O2/c1-3-34-29(33)26(20-23-15-9-5-10-16-23)32-28-25(19-22-13-7-4-8-14-22)31-27(21(2)30-28)24-17-11-6-12-18-24/h4-18,26H,3,19-20H2,1-2H3,(H,30,32)/t26-/m0/s1. The van der Waals surface area contributed by atoms with Gasteiger partial charge in [-0.3, -0.25) is 0 Å². The maximum absolute atomic E-state index is 12.9. The van der Waals surface area contributed by atoms with Crippen molar-refractivity contribution in [2.75, 3.05) is 11.9 Å². The summed E-state index contributed by atoms with van der Waals surface area (Å²) >= 11 is 0. The summed E-state index contributed by atoms with van der Waals surface area (Å²) in [6.07, 6.45) is 1.09. The van der Waals surface area contributed by atoms with E-state index in [9.17, 15) is 4.79 Å². The fraction of sp³-hybridized carbons (Fsp3) is 0.207. The Morgan fingerprint density at radius 1 is 0.853 bits per heavy atom. The van der Waals surface area contributed by atoms with Gasteiger partial charge in [-0.2, -0.15) is 0 Å². The molecular formula is C29H29N3O2. The number of benzene rings is 3. The Kier molecular flexibility index (Phi) is 7.66. The van der Waals surface area contributed by atoms with E-state index in [1.165, 1.54) is 0 Å². The lowest BCUT2D eigenvalue weighted by Gasteiger charge is -2.21. The van der Waals surface area contributed by atoms with Gasteiger partial charge in [0, 0.05) is 18.4 Å². The SMILES string of the molecule is CCOC(=O)[C@H](Cc1ccccc1)Nc1nc(C)c(-c2ccccc2)nc1Cc1ccccc1. The summed E-state index contributed by atoms with van der Waals surface area (Å²) in [5.74, 6) is 0.304. The monoisotopic (exact) mass is 451 g/mol. The molecule has 1 N–H and O–H groups in total. The molecule has 0 radical (unpaired) electrons. The number of rotatable bonds is 9. The fourth-order valence-electron chi connectivity index (χ4n) is 3.90. The molecule has 34 heavy (non-hydrogen) atoms. The van der Waals surface area contributed by atoms with Gasteiger partial charge in [-0.05, 0) is 25.0 Å². The summed E-state index contributed by atoms with van der Waals surface area (Å²) in [5.41, 5.74) is 5.61. The minimum absolute atomic E-state index is 0.302. The van der Waals surface area contributed by atoms with Crippen LogP contribution in [-0.2, 0) is 22.4 Å². The summed E-state index contributed by atoms with van der Waals surface area (Å²) in [7, 11) is 0. The van der Waals surface area contributed by atoms with Crippen molar-refractivity contribution >= 4 is 11.8 Å². The highest BCUT2D eigenvalue weighted by Gasteiger charge is 2.23. The molecule has 0 aliphatic rings. The first-order chi connectivity index (χ1) is 16.6. The molecule has 1 heterocycles. The molecule has 0 bridgehead atoms. The molecule has 4 aromatic rings. The van der Waals surface area contributed by atoms with E-state index in [1.807, 2.05) is 92.7 Å². The van der Waals surface area contributed by atoms with Gasteiger partial charge in [0.05, 0.1) is 23.7 Å². The van der Waals surface area contributed by atoms with Gasteiger partial charge in [0.15, 0.2) is 0 Å². The van der Waals surface area contributed by atoms with E-state index in [-0.39, 0.29) is 5.97 Å². The highest BCUT2D eigenvalue weighted by molar-refractivity contribution is 5.80. The molecule has 0 amide bonds. The fourth-order valence-corrected chi connectivity index (χ4v) is 3.90. The number of ether oxygens (including phenoxy) is 1. The van der Waals surface area contributed by atoms with Crippen LogP contribution in [0.5, 0.6) is 0 Å². The Balaban J connectivity index is 1.73. The number of carbonyl (C=O) groups excluding carboxylic acids is 1. The maximum Gasteiger partial charge on any atom is 0.328 e. The van der Waals surface area contributed by atoms with E-state index in [2.05, 4.69) is 17.4 Å². The van der Waals surface area contributed by atoms with E-state index in [0.717, 1.165) is 33.8 Å². The molecule has 5 heteroatoms. The molecule has 5 nitrogen and oxygen atoms in total. The lowest BCUT2D eigenvalue weighted by atomic mass is 10.0. The lowest BCUT2D eigenvalue weighted by Crippen LogP contribution is -2.34. The first kappa shape index (κ1) is 23.2. The second-order valence-corrected chi connectivity index (χ2v) is 8.12. The molecule has 0 saturated carbocycles. The van der Waals surface area contributed by atoms with Crippen LogP contribution in [0.1, 0.15) is 29.4 Å². The molecule has 3 aromatic carbocycles. The van der Waals surface area contributed by atoms with Crippen LogP contribution in [0.3, 0.4) is 0 Å². The first-order valence-electron chi connectivity index (χ1n) is 11.6. The van der Waals surface area contributed by atoms with E-state index in [1.54, 1.807) is 0 Å². The lowest BCUT2D eigenvalue weighted by molar-refractivity contribution is -0.144. The van der Waals surface area contributed by atoms with Crippen molar-refractivity contribution in [1.29, 1.82) is 0 Å². The van der Waals surface area contributed by atoms with Crippen molar-refractivity contribution in [3.63, 3.8) is 0 Å². The number of aromatic nitrogens is 2. The van der Waals surface area contributed by atoms with Gasteiger partial charge >= 0.3 is 5.97 Å². The Morgan fingerprint density at radius 3 is 2.06 bits per heavy atom. The van der Waals surface area contributed by atoms with Gasteiger partial charge < -0.3 is 10.1 Å². The van der Waals surface area contributed by atoms with E-state index in [4.69, 9.17) is 14.7 Å². The Bertz CT molecular complexity index is 1210. The smallest absolute Gasteiger partial charge is 0.328 e. The van der Waals surface area contributed by atoms with E-state index in [0.29, 0.717) is 25.3 Å². The predicted octanol–water partition coefficient (Wildman–Crippen LogP) is 5.63. The van der Waals surface area contributed by atoms with Crippen molar-refractivity contribution in [2.45, 2.75) is 32.7 Å². The van der Waals surface area contributed by atoms with Gasteiger partial charge in [0.2, 0.25) is 0 Å². The van der Waals surface area contributed by atoms with Crippen molar-refractivity contribution in [1.82, 2.24) is 9.97 Å². The molecule has 1 atom stereocenters. The quantitative estimate of drug-likeness (QED) is 0.334. The minimum atomic E-state index is -0.576. The van der Waals surface area contributed by atoms with Crippen LogP contribution in [0.2, 0.25) is 0 Å². The minimum Gasteiger partial charge on any atom is -0.464 e. The third-order valence-corrected chi connectivity index (χ3v) is 5.57. The van der Waals surface area contributed by atoms with Gasteiger partial charge in [0.25, 0.3) is 0 Å². The number of hydrogen-bond acceptors (Lipinski definition) is 5. The van der Waals surface area contributed by atoms with Crippen LogP contribution >= 0.6 is 0 Å². The van der Waals surface area contributed by atoms with Crippen LogP contribution < -0.4 is 5.32 Å². The van der Waals surface area contributed by atoms with Gasteiger partial charge in [-0.15, -0.1) is 0 Å². The Hall–Kier alpha value is -3.99. The van der Waals surface area contributed by atoms with Crippen molar-refractivity contribution in [3.05, 3.63) is 114 Å². The number of anilines is 1. The molecule has 4 rings (SSSR count). The summed E-state index contributed by atoms with van der Waals surface area (Å²) in [4.78, 5) is 22.8. The average Bonchev–Trinajstić information content (AvgIpc) is 2.87.